The predicted octanol–water partition coefficient (Wildman–Crippen LogP) is 5.24. The van der Waals surface area contributed by atoms with Crippen LogP contribution in [0.3, 0.4) is 0 Å². The molecule has 0 spiro atoms. The summed E-state index contributed by atoms with van der Waals surface area (Å²) in [5.74, 6) is 0.327. The van der Waals surface area contributed by atoms with Gasteiger partial charge in [0.25, 0.3) is 0 Å². The fraction of sp³-hybridized carbons (Fsp3) is 0.278. The lowest BCUT2D eigenvalue weighted by Gasteiger charge is -2.19. The third kappa shape index (κ3) is 3.64. The molecule has 0 aliphatic carbocycles. The zero-order valence-corrected chi connectivity index (χ0v) is 15.3. The smallest absolute Gasteiger partial charge is 0.121 e. The Morgan fingerprint density at radius 1 is 1.17 bits per heavy atom. The second kappa shape index (κ2) is 7.38. The quantitative estimate of drug-likeness (QED) is 0.589. The predicted molar refractivity (Wildman–Crippen MR) is 103 cm³/mol. The highest BCUT2D eigenvalue weighted by Gasteiger charge is 2.10. The number of nitrogens with one attached hydrogen (secondary N) is 1. The number of nitrogens with zero attached hydrogens (tertiary/aromatic N) is 2. The lowest BCUT2D eigenvalue weighted by molar-refractivity contribution is 0.291. The van der Waals surface area contributed by atoms with Crippen LogP contribution in [-0.4, -0.2) is 27.5 Å². The van der Waals surface area contributed by atoms with Gasteiger partial charge in [0.2, 0.25) is 0 Å². The van der Waals surface area contributed by atoms with Gasteiger partial charge in [0.1, 0.15) is 10.8 Å². The molecule has 24 heavy (non-hydrogen) atoms. The van der Waals surface area contributed by atoms with Gasteiger partial charge in [0.05, 0.1) is 5.52 Å². The monoisotopic (exact) mass is 361 g/mol. The molecule has 4 nitrogen and oxygen atoms in total. The lowest BCUT2D eigenvalue weighted by atomic mass is 10.1. The summed E-state index contributed by atoms with van der Waals surface area (Å²) in [6.07, 6.45) is 0. The van der Waals surface area contributed by atoms with E-state index >= 15 is 0 Å². The van der Waals surface area contributed by atoms with Gasteiger partial charge in [-0.1, -0.05) is 25.4 Å². The first-order chi connectivity index (χ1) is 11.6. The summed E-state index contributed by atoms with van der Waals surface area (Å²) in [5.41, 5.74) is 2.74. The van der Waals surface area contributed by atoms with Gasteiger partial charge < -0.3 is 10.4 Å². The van der Waals surface area contributed by atoms with E-state index < -0.39 is 0 Å². The summed E-state index contributed by atoms with van der Waals surface area (Å²) in [6.45, 7) is 6.88. The molecule has 0 saturated heterocycles. The van der Waals surface area contributed by atoms with Gasteiger partial charge >= 0.3 is 0 Å². The highest BCUT2D eigenvalue weighted by atomic mass is 35.5. The van der Waals surface area contributed by atoms with Crippen molar-refractivity contribution in [2.45, 2.75) is 20.4 Å². The second-order valence-corrected chi connectivity index (χ2v) is 6.81. The van der Waals surface area contributed by atoms with Crippen LogP contribution in [-0.2, 0) is 6.54 Å². The Bertz CT molecular complexity index is 845. The number of hydrogen-bond donors (Lipinski definition) is 2. The van der Waals surface area contributed by atoms with E-state index in [2.05, 4.69) is 28.4 Å². The van der Waals surface area contributed by atoms with E-state index in [1.165, 1.54) is 11.5 Å². The molecule has 0 atom stereocenters. The van der Waals surface area contributed by atoms with Crippen molar-refractivity contribution in [2.75, 3.05) is 18.4 Å². The van der Waals surface area contributed by atoms with E-state index in [9.17, 15) is 5.11 Å². The van der Waals surface area contributed by atoms with E-state index in [0.29, 0.717) is 10.8 Å². The molecule has 3 rings (SSSR count). The number of fused-ring (bicyclic) bond motifs is 1. The van der Waals surface area contributed by atoms with Crippen LogP contribution in [0.1, 0.15) is 19.4 Å². The van der Waals surface area contributed by atoms with Gasteiger partial charge in [-0.3, -0.25) is 4.90 Å². The van der Waals surface area contributed by atoms with E-state index in [-0.39, 0.29) is 0 Å². The Balaban J connectivity index is 1.86. The zero-order chi connectivity index (χ0) is 17.1. The molecular weight excluding hydrogens is 342 g/mol. The number of halogens is 1. The highest BCUT2D eigenvalue weighted by Crippen LogP contribution is 2.33. The maximum absolute atomic E-state index is 10.1. The van der Waals surface area contributed by atoms with E-state index in [1.807, 2.05) is 30.3 Å². The lowest BCUT2D eigenvalue weighted by Crippen LogP contribution is -2.22. The first-order valence-electron chi connectivity index (χ1n) is 7.97. The zero-order valence-electron chi connectivity index (χ0n) is 13.7. The standard InChI is InChI=1S/C18H20ClN3OS/c1-3-22(4-2)11-12-9-14(6-8-17(12)23)20-18-15-7-5-13(19)10-16(15)21-24-18/h5-10,20,23H,3-4,11H2,1-2H3. The summed E-state index contributed by atoms with van der Waals surface area (Å²) < 4.78 is 4.43. The number of aromatic hydroxyl groups is 1. The van der Waals surface area contributed by atoms with Crippen LogP contribution in [0.25, 0.3) is 10.9 Å². The molecule has 0 saturated carbocycles. The normalized spacial score (nSPS) is 11.3. The maximum atomic E-state index is 10.1. The van der Waals surface area contributed by atoms with Crippen molar-refractivity contribution < 1.29 is 5.11 Å². The molecule has 0 fully saturated rings. The summed E-state index contributed by atoms with van der Waals surface area (Å²) >= 11 is 7.42. The van der Waals surface area contributed by atoms with Gasteiger partial charge in [-0.05, 0) is 61.0 Å². The van der Waals surface area contributed by atoms with Gasteiger partial charge in [0, 0.05) is 28.2 Å². The largest absolute Gasteiger partial charge is 0.508 e. The summed E-state index contributed by atoms with van der Waals surface area (Å²) in [4.78, 5) is 2.27. The molecular formula is C18H20ClN3OS. The number of benzene rings is 2. The molecule has 1 aromatic heterocycles. The molecule has 0 bridgehead atoms. The van der Waals surface area contributed by atoms with Crippen molar-refractivity contribution >= 4 is 44.7 Å². The van der Waals surface area contributed by atoms with E-state index in [4.69, 9.17) is 11.6 Å². The Morgan fingerprint density at radius 2 is 1.96 bits per heavy atom. The Morgan fingerprint density at radius 3 is 2.71 bits per heavy atom. The molecule has 3 aromatic rings. The van der Waals surface area contributed by atoms with Crippen molar-refractivity contribution in [1.82, 2.24) is 9.27 Å². The molecule has 0 aliphatic rings. The first-order valence-corrected chi connectivity index (χ1v) is 9.12. The van der Waals surface area contributed by atoms with E-state index in [0.717, 1.165) is 46.8 Å². The molecule has 0 aliphatic heterocycles. The van der Waals surface area contributed by atoms with Gasteiger partial charge in [0.15, 0.2) is 0 Å². The number of anilines is 2. The molecule has 2 aromatic carbocycles. The first kappa shape index (κ1) is 17.0. The summed E-state index contributed by atoms with van der Waals surface area (Å²) in [7, 11) is 0. The van der Waals surface area contributed by atoms with Crippen LogP contribution >= 0.6 is 23.1 Å². The Kier molecular flexibility index (Phi) is 5.23. The average molecular weight is 362 g/mol. The van der Waals surface area contributed by atoms with Crippen LogP contribution in [0.2, 0.25) is 5.02 Å². The van der Waals surface area contributed by atoms with Crippen molar-refractivity contribution in [3.63, 3.8) is 0 Å². The Hall–Kier alpha value is -1.82. The molecule has 0 radical (unpaired) electrons. The number of aromatic nitrogens is 1. The molecule has 0 amide bonds. The van der Waals surface area contributed by atoms with Gasteiger partial charge in [-0.2, -0.15) is 4.37 Å². The number of phenols is 1. The number of hydrogen-bond acceptors (Lipinski definition) is 5. The van der Waals surface area contributed by atoms with Crippen molar-refractivity contribution in [2.24, 2.45) is 0 Å². The highest BCUT2D eigenvalue weighted by molar-refractivity contribution is 7.11. The minimum Gasteiger partial charge on any atom is -0.508 e. The summed E-state index contributed by atoms with van der Waals surface area (Å²) in [6, 6.07) is 11.3. The van der Waals surface area contributed by atoms with Gasteiger partial charge in [-0.15, -0.1) is 0 Å². The van der Waals surface area contributed by atoms with Crippen LogP contribution in [0.15, 0.2) is 36.4 Å². The molecule has 2 N–H and O–H groups in total. The minimum absolute atomic E-state index is 0.327. The number of rotatable bonds is 6. The molecule has 6 heteroatoms. The van der Waals surface area contributed by atoms with Crippen LogP contribution in [0.4, 0.5) is 10.7 Å². The van der Waals surface area contributed by atoms with Crippen molar-refractivity contribution in [3.05, 3.63) is 47.0 Å². The average Bonchev–Trinajstić information content (AvgIpc) is 2.97. The van der Waals surface area contributed by atoms with Crippen molar-refractivity contribution in [1.29, 1.82) is 0 Å². The molecule has 1 heterocycles. The van der Waals surface area contributed by atoms with Gasteiger partial charge in [-0.25, -0.2) is 0 Å². The van der Waals surface area contributed by atoms with Crippen LogP contribution < -0.4 is 5.32 Å². The topological polar surface area (TPSA) is 48.4 Å². The fourth-order valence-electron chi connectivity index (χ4n) is 2.62. The SMILES string of the molecule is CCN(CC)Cc1cc(Nc2snc3cc(Cl)ccc23)ccc1O. The molecule has 126 valence electrons. The maximum Gasteiger partial charge on any atom is 0.121 e. The van der Waals surface area contributed by atoms with E-state index in [1.54, 1.807) is 6.07 Å². The fourth-order valence-corrected chi connectivity index (χ4v) is 3.56. The third-order valence-electron chi connectivity index (χ3n) is 4.07. The van der Waals surface area contributed by atoms with Crippen LogP contribution in [0.5, 0.6) is 5.75 Å². The second-order valence-electron chi connectivity index (χ2n) is 5.60. The Labute approximate surface area is 150 Å². The minimum atomic E-state index is 0.327. The van der Waals surface area contributed by atoms with Crippen LogP contribution in [0, 0.1) is 0 Å². The third-order valence-corrected chi connectivity index (χ3v) is 5.09. The van der Waals surface area contributed by atoms with Crippen molar-refractivity contribution in [3.8, 4) is 5.75 Å². The number of phenolic OH excluding ortho intramolecular Hbond substituents is 1. The molecule has 0 unspecified atom stereocenters. The summed E-state index contributed by atoms with van der Waals surface area (Å²) in [5, 5.41) is 16.2.